The Kier molecular flexibility index (Phi) is 6.18. The monoisotopic (exact) mass is 469 g/mol. The van der Waals surface area contributed by atoms with Crippen molar-refractivity contribution in [2.75, 3.05) is 5.32 Å². The largest absolute Gasteiger partial charge is 0.325 e. The quantitative estimate of drug-likeness (QED) is 0.276. The predicted octanol–water partition coefficient (Wildman–Crippen LogP) is 6.04. The van der Waals surface area contributed by atoms with Crippen molar-refractivity contribution < 1.29 is 4.79 Å². The summed E-state index contributed by atoms with van der Waals surface area (Å²) in [5.74, 6) is -0.190. The van der Waals surface area contributed by atoms with E-state index in [1.807, 2.05) is 43.5 Å². The van der Waals surface area contributed by atoms with Crippen LogP contribution in [0.5, 0.6) is 0 Å². The zero-order valence-electron chi connectivity index (χ0n) is 17.2. The number of amides is 1. The number of aromatic nitrogens is 2. The molecule has 4 aromatic rings. The number of carbonyl (C=O) groups excluding carboxylic acids is 1. The summed E-state index contributed by atoms with van der Waals surface area (Å²) in [6.45, 7) is 5.65. The normalized spacial score (nSPS) is 12.1. The highest BCUT2D eigenvalue weighted by Crippen LogP contribution is 2.32. The van der Waals surface area contributed by atoms with Gasteiger partial charge in [-0.25, -0.2) is 4.98 Å². The third-order valence-electron chi connectivity index (χ3n) is 4.97. The molecular weight excluding hydrogens is 450 g/mol. The second kappa shape index (κ2) is 8.86. The molecule has 0 aliphatic rings. The van der Waals surface area contributed by atoms with E-state index in [1.54, 1.807) is 25.1 Å². The van der Waals surface area contributed by atoms with Gasteiger partial charge in [-0.15, -0.1) is 11.3 Å². The molecule has 1 amide bonds. The lowest BCUT2D eigenvalue weighted by Crippen LogP contribution is -2.23. The molecule has 0 bridgehead atoms. The Morgan fingerprint density at radius 2 is 1.94 bits per heavy atom. The molecule has 0 fully saturated rings. The zero-order valence-corrected chi connectivity index (χ0v) is 19.5. The van der Waals surface area contributed by atoms with Crippen LogP contribution in [0, 0.1) is 13.8 Å². The lowest BCUT2D eigenvalue weighted by atomic mass is 10.1. The number of nitrogens with one attached hydrogen (secondary N) is 2. The number of hydrogen-bond acceptors (Lipinski definition) is 5. The molecule has 8 heteroatoms. The van der Waals surface area contributed by atoms with Crippen molar-refractivity contribution in [2.24, 2.45) is 0 Å². The first-order chi connectivity index (χ1) is 14.8. The summed E-state index contributed by atoms with van der Waals surface area (Å²) in [5, 5.41) is 5.96. The number of carbonyl (C=O) groups is 1. The first-order valence-corrected chi connectivity index (χ1v) is 11.8. The standard InChI is InChI=1S/C23H20ClN3O2S2/c1-12-7-9-15(10-8-12)16-11-30-22-19(16)21(29)26-23(27-22)31-14(3)20(28)25-18-6-4-5-17(24)13(18)2/h4-11,14H,1-3H3,(H,25,28)(H,26,27,29). The van der Waals surface area contributed by atoms with Crippen LogP contribution in [-0.2, 0) is 4.79 Å². The molecule has 0 aliphatic carbocycles. The SMILES string of the molecule is Cc1ccc(-c2csc3nc(SC(C)C(=O)Nc4cccc(Cl)c4C)[nH]c(=O)c23)cc1. The summed E-state index contributed by atoms with van der Waals surface area (Å²) >= 11 is 8.76. The molecule has 158 valence electrons. The van der Waals surface area contributed by atoms with Gasteiger partial charge in [0.15, 0.2) is 5.16 Å². The Hall–Kier alpha value is -2.61. The van der Waals surface area contributed by atoms with E-state index in [0.717, 1.165) is 22.3 Å². The van der Waals surface area contributed by atoms with Crippen molar-refractivity contribution in [1.29, 1.82) is 0 Å². The molecule has 2 N–H and O–H groups in total. The highest BCUT2D eigenvalue weighted by atomic mass is 35.5. The van der Waals surface area contributed by atoms with Gasteiger partial charge in [0.1, 0.15) is 4.83 Å². The molecule has 31 heavy (non-hydrogen) atoms. The van der Waals surface area contributed by atoms with Crippen LogP contribution >= 0.6 is 34.7 Å². The number of benzene rings is 2. The first-order valence-electron chi connectivity index (χ1n) is 9.64. The minimum atomic E-state index is -0.462. The van der Waals surface area contributed by atoms with Crippen molar-refractivity contribution >= 4 is 56.5 Å². The Morgan fingerprint density at radius 3 is 2.68 bits per heavy atom. The third-order valence-corrected chi connectivity index (χ3v) is 7.23. The van der Waals surface area contributed by atoms with E-state index in [1.165, 1.54) is 23.1 Å². The van der Waals surface area contributed by atoms with E-state index >= 15 is 0 Å². The number of aromatic amines is 1. The number of aryl methyl sites for hydroxylation is 1. The number of fused-ring (bicyclic) bond motifs is 1. The molecule has 0 spiro atoms. The summed E-state index contributed by atoms with van der Waals surface area (Å²) in [6.07, 6.45) is 0. The fourth-order valence-electron chi connectivity index (χ4n) is 3.13. The van der Waals surface area contributed by atoms with Gasteiger partial charge in [-0.2, -0.15) is 0 Å². The molecule has 2 aromatic heterocycles. The minimum Gasteiger partial charge on any atom is -0.325 e. The maximum absolute atomic E-state index is 12.8. The van der Waals surface area contributed by atoms with E-state index in [0.29, 0.717) is 26.1 Å². The maximum Gasteiger partial charge on any atom is 0.260 e. The Morgan fingerprint density at radius 1 is 1.19 bits per heavy atom. The Labute approximate surface area is 192 Å². The number of nitrogens with zero attached hydrogens (tertiary/aromatic N) is 1. The molecule has 2 heterocycles. The molecule has 0 saturated carbocycles. The topological polar surface area (TPSA) is 74.8 Å². The van der Waals surface area contributed by atoms with Crippen molar-refractivity contribution in [2.45, 2.75) is 31.2 Å². The van der Waals surface area contributed by atoms with E-state index in [2.05, 4.69) is 15.3 Å². The maximum atomic E-state index is 12.8. The highest BCUT2D eigenvalue weighted by molar-refractivity contribution is 8.00. The van der Waals surface area contributed by atoms with Gasteiger partial charge in [0.05, 0.1) is 10.6 Å². The molecule has 1 atom stereocenters. The van der Waals surface area contributed by atoms with Gasteiger partial charge in [0, 0.05) is 21.7 Å². The third kappa shape index (κ3) is 4.54. The fraction of sp³-hybridized carbons (Fsp3) is 0.174. The zero-order chi connectivity index (χ0) is 22.1. The summed E-state index contributed by atoms with van der Waals surface area (Å²) in [6, 6.07) is 13.4. The number of thioether (sulfide) groups is 1. The smallest absolute Gasteiger partial charge is 0.260 e. The molecule has 0 aliphatic heterocycles. The van der Waals surface area contributed by atoms with Crippen LogP contribution in [-0.4, -0.2) is 21.1 Å². The summed E-state index contributed by atoms with van der Waals surface area (Å²) in [7, 11) is 0. The van der Waals surface area contributed by atoms with Crippen LogP contribution in [0.2, 0.25) is 5.02 Å². The molecular formula is C23H20ClN3O2S2. The van der Waals surface area contributed by atoms with E-state index in [4.69, 9.17) is 11.6 Å². The van der Waals surface area contributed by atoms with Gasteiger partial charge in [0.25, 0.3) is 5.56 Å². The number of rotatable bonds is 5. The van der Waals surface area contributed by atoms with Crippen molar-refractivity contribution in [3.63, 3.8) is 0 Å². The van der Waals surface area contributed by atoms with Crippen molar-refractivity contribution in [3.8, 4) is 11.1 Å². The first kappa shape index (κ1) is 21.6. The van der Waals surface area contributed by atoms with Crippen LogP contribution in [0.15, 0.2) is 57.8 Å². The van der Waals surface area contributed by atoms with Gasteiger partial charge in [-0.05, 0) is 44.0 Å². The highest BCUT2D eigenvalue weighted by Gasteiger charge is 2.19. The van der Waals surface area contributed by atoms with Gasteiger partial charge < -0.3 is 10.3 Å². The molecule has 2 aromatic carbocycles. The fourth-order valence-corrected chi connectivity index (χ4v) is 5.11. The number of thiophene rings is 1. The van der Waals surface area contributed by atoms with Crippen LogP contribution in [0.25, 0.3) is 21.3 Å². The Bertz CT molecular complexity index is 1330. The van der Waals surface area contributed by atoms with Gasteiger partial charge >= 0.3 is 0 Å². The van der Waals surface area contributed by atoms with Crippen molar-refractivity contribution in [3.05, 3.63) is 74.3 Å². The molecule has 0 saturated heterocycles. The van der Waals surface area contributed by atoms with Gasteiger partial charge in [-0.1, -0.05) is 59.3 Å². The van der Waals surface area contributed by atoms with E-state index in [9.17, 15) is 9.59 Å². The summed E-state index contributed by atoms with van der Waals surface area (Å²) < 4.78 is 0. The second-order valence-corrected chi connectivity index (χ2v) is 9.82. The number of anilines is 1. The lowest BCUT2D eigenvalue weighted by molar-refractivity contribution is -0.115. The van der Waals surface area contributed by atoms with Crippen LogP contribution < -0.4 is 10.9 Å². The molecule has 1 unspecified atom stereocenters. The average molecular weight is 470 g/mol. The van der Waals surface area contributed by atoms with Gasteiger partial charge in [-0.3, -0.25) is 9.59 Å². The number of H-pyrrole nitrogens is 1. The number of halogens is 1. The average Bonchev–Trinajstić information content (AvgIpc) is 3.16. The number of hydrogen-bond donors (Lipinski definition) is 2. The van der Waals surface area contributed by atoms with Crippen LogP contribution in [0.4, 0.5) is 5.69 Å². The predicted molar refractivity (Wildman–Crippen MR) is 131 cm³/mol. The molecule has 0 radical (unpaired) electrons. The second-order valence-electron chi connectivity index (χ2n) is 7.23. The van der Waals surface area contributed by atoms with E-state index in [-0.39, 0.29) is 11.5 Å². The van der Waals surface area contributed by atoms with Crippen LogP contribution in [0.3, 0.4) is 0 Å². The van der Waals surface area contributed by atoms with Crippen LogP contribution in [0.1, 0.15) is 18.1 Å². The molecule has 4 rings (SSSR count). The summed E-state index contributed by atoms with van der Waals surface area (Å²) in [4.78, 5) is 33.6. The lowest BCUT2D eigenvalue weighted by Gasteiger charge is -2.13. The summed E-state index contributed by atoms with van der Waals surface area (Å²) in [5.41, 5.74) is 4.28. The van der Waals surface area contributed by atoms with E-state index < -0.39 is 5.25 Å². The Balaban J connectivity index is 1.56. The van der Waals surface area contributed by atoms with Gasteiger partial charge in [0.2, 0.25) is 5.91 Å². The molecule has 5 nitrogen and oxygen atoms in total. The van der Waals surface area contributed by atoms with Crippen molar-refractivity contribution in [1.82, 2.24) is 9.97 Å². The minimum absolute atomic E-state index is 0.190.